The van der Waals surface area contributed by atoms with Gasteiger partial charge in [-0.2, -0.15) is 0 Å². The summed E-state index contributed by atoms with van der Waals surface area (Å²) in [6.45, 7) is 6.12. The van der Waals surface area contributed by atoms with Crippen LogP contribution in [0.25, 0.3) is 0 Å². The molecule has 5 N–H and O–H groups in total. The minimum Gasteiger partial charge on any atom is -0.444 e. The summed E-state index contributed by atoms with van der Waals surface area (Å²) in [6, 6.07) is 5.68. The van der Waals surface area contributed by atoms with Crippen LogP contribution >= 0.6 is 0 Å². The number of benzene rings is 1. The van der Waals surface area contributed by atoms with Crippen LogP contribution in [0.15, 0.2) is 29.4 Å². The van der Waals surface area contributed by atoms with Crippen molar-refractivity contribution in [2.24, 2.45) is 16.8 Å². The Morgan fingerprint density at radius 2 is 1.78 bits per heavy atom. The molecule has 2 atom stereocenters. The third kappa shape index (κ3) is 8.36. The van der Waals surface area contributed by atoms with Gasteiger partial charge in [0.1, 0.15) is 17.7 Å². The van der Waals surface area contributed by atoms with Crippen LogP contribution in [0, 0.1) is 5.92 Å². The van der Waals surface area contributed by atoms with E-state index >= 15 is 0 Å². The van der Waals surface area contributed by atoms with E-state index in [4.69, 9.17) is 15.7 Å². The highest BCUT2D eigenvalue weighted by atomic mass is 16.6. The number of hydrogen-bond acceptors (Lipinski definition) is 6. The van der Waals surface area contributed by atoms with Crippen molar-refractivity contribution in [3.8, 4) is 0 Å². The van der Waals surface area contributed by atoms with Crippen molar-refractivity contribution < 1.29 is 24.3 Å². The first-order valence-corrected chi connectivity index (χ1v) is 13.2. The molecule has 0 aromatic heterocycles. The third-order valence-electron chi connectivity index (χ3n) is 6.95. The summed E-state index contributed by atoms with van der Waals surface area (Å²) in [6.07, 6.45) is 6.78. The fourth-order valence-corrected chi connectivity index (χ4v) is 5.09. The fourth-order valence-electron chi connectivity index (χ4n) is 5.09. The summed E-state index contributed by atoms with van der Waals surface area (Å²) >= 11 is 0. The molecular weight excluding hydrogens is 474 g/mol. The maximum Gasteiger partial charge on any atom is 0.408 e. The zero-order chi connectivity index (χ0) is 27.0. The van der Waals surface area contributed by atoms with E-state index in [1.54, 1.807) is 49.9 Å². The first-order chi connectivity index (χ1) is 17.6. The molecule has 2 aliphatic rings. The first kappa shape index (κ1) is 28.3. The number of nitrogens with one attached hydrogen (secondary N) is 2. The second-order valence-electron chi connectivity index (χ2n) is 11.0. The van der Waals surface area contributed by atoms with Crippen LogP contribution in [0.5, 0.6) is 0 Å². The van der Waals surface area contributed by atoms with E-state index in [0.717, 1.165) is 37.7 Å². The zero-order valence-corrected chi connectivity index (χ0v) is 22.2. The highest BCUT2D eigenvalue weighted by Gasteiger charge is 2.39. The minimum atomic E-state index is -0.724. The molecule has 0 bridgehead atoms. The van der Waals surface area contributed by atoms with Crippen LogP contribution in [-0.4, -0.2) is 58.1 Å². The maximum absolute atomic E-state index is 13.7. The van der Waals surface area contributed by atoms with Gasteiger partial charge in [-0.3, -0.25) is 9.59 Å². The molecule has 3 amide bonds. The Labute approximate surface area is 219 Å². The SMILES string of the molecule is CC(C)(C)OC(=O)N[C@H](CC1CCCCC1)C(=O)N1CCC[C@H]1C(=O)NCc1ccc(C(N)=NO)cc1. The summed E-state index contributed by atoms with van der Waals surface area (Å²) in [5.41, 5.74) is 6.35. The first-order valence-electron chi connectivity index (χ1n) is 13.2. The van der Waals surface area contributed by atoms with Gasteiger partial charge in [-0.05, 0) is 51.5 Å². The van der Waals surface area contributed by atoms with Crippen molar-refractivity contribution >= 4 is 23.7 Å². The molecule has 1 saturated carbocycles. The van der Waals surface area contributed by atoms with Crippen molar-refractivity contribution in [1.82, 2.24) is 15.5 Å². The van der Waals surface area contributed by atoms with E-state index in [1.807, 2.05) is 0 Å². The second kappa shape index (κ2) is 12.8. The number of carbonyl (C=O) groups excluding carboxylic acids is 3. The standard InChI is InChI=1S/C27H41N5O5/c1-27(2,3)37-26(35)30-21(16-18-8-5-4-6-9-18)25(34)32-15-7-10-22(32)24(33)29-17-19-11-13-20(14-12-19)23(28)31-36/h11-14,18,21-22,36H,4-10,15-17H2,1-3H3,(H2,28,31)(H,29,33)(H,30,35)/t21-,22+/m1/s1. The molecule has 1 aromatic carbocycles. The normalized spacial score (nSPS) is 19.8. The van der Waals surface area contributed by atoms with E-state index in [-0.39, 0.29) is 24.2 Å². The summed E-state index contributed by atoms with van der Waals surface area (Å²) in [7, 11) is 0. The molecule has 1 aromatic rings. The lowest BCUT2D eigenvalue weighted by Crippen LogP contribution is -2.54. The molecule has 1 heterocycles. The quantitative estimate of drug-likeness (QED) is 0.181. The number of nitrogens with zero attached hydrogens (tertiary/aromatic N) is 2. The Bertz CT molecular complexity index is 966. The topological polar surface area (TPSA) is 146 Å². The number of amides is 3. The predicted octanol–water partition coefficient (Wildman–Crippen LogP) is 3.25. The smallest absolute Gasteiger partial charge is 0.408 e. The second-order valence-corrected chi connectivity index (χ2v) is 11.0. The van der Waals surface area contributed by atoms with E-state index in [0.29, 0.717) is 30.9 Å². The van der Waals surface area contributed by atoms with Gasteiger partial charge in [0.15, 0.2) is 5.84 Å². The number of ether oxygens (including phenoxy) is 1. The molecule has 0 unspecified atom stereocenters. The number of oxime groups is 1. The molecule has 10 nitrogen and oxygen atoms in total. The van der Waals surface area contributed by atoms with Gasteiger partial charge in [-0.1, -0.05) is 61.5 Å². The summed E-state index contributed by atoms with van der Waals surface area (Å²) in [4.78, 5) is 41.0. The molecule has 204 valence electrons. The number of carbonyl (C=O) groups is 3. The van der Waals surface area contributed by atoms with Gasteiger partial charge in [-0.15, -0.1) is 0 Å². The summed E-state index contributed by atoms with van der Waals surface area (Å²) in [5.74, 6) is -0.0730. The van der Waals surface area contributed by atoms with Gasteiger partial charge in [0.05, 0.1) is 0 Å². The minimum absolute atomic E-state index is 0.0125. The van der Waals surface area contributed by atoms with Crippen LogP contribution in [0.4, 0.5) is 4.79 Å². The summed E-state index contributed by atoms with van der Waals surface area (Å²) < 4.78 is 5.43. The van der Waals surface area contributed by atoms with Crippen LogP contribution < -0.4 is 16.4 Å². The molecule has 10 heteroatoms. The average Bonchev–Trinajstić information content (AvgIpc) is 3.36. The third-order valence-corrected chi connectivity index (χ3v) is 6.95. The van der Waals surface area contributed by atoms with Gasteiger partial charge < -0.3 is 31.2 Å². The van der Waals surface area contributed by atoms with E-state index in [9.17, 15) is 14.4 Å². The van der Waals surface area contributed by atoms with Crippen LogP contribution in [0.1, 0.15) is 83.3 Å². The van der Waals surface area contributed by atoms with Crippen molar-refractivity contribution in [3.63, 3.8) is 0 Å². The average molecular weight is 516 g/mol. The predicted molar refractivity (Wildman–Crippen MR) is 140 cm³/mol. The number of alkyl carbamates (subject to hydrolysis) is 1. The van der Waals surface area contributed by atoms with Crippen molar-refractivity contribution in [3.05, 3.63) is 35.4 Å². The Morgan fingerprint density at radius 1 is 1.11 bits per heavy atom. The lowest BCUT2D eigenvalue weighted by atomic mass is 9.84. The number of amidine groups is 1. The zero-order valence-electron chi connectivity index (χ0n) is 22.2. The van der Waals surface area contributed by atoms with Gasteiger partial charge >= 0.3 is 6.09 Å². The number of likely N-dealkylation sites (tertiary alicyclic amines) is 1. The van der Waals surface area contributed by atoms with Crippen LogP contribution in [-0.2, 0) is 20.9 Å². The van der Waals surface area contributed by atoms with Gasteiger partial charge in [0.25, 0.3) is 0 Å². The molecule has 37 heavy (non-hydrogen) atoms. The fraction of sp³-hybridized carbons (Fsp3) is 0.630. The Balaban J connectivity index is 1.65. The Hall–Kier alpha value is -3.30. The van der Waals surface area contributed by atoms with E-state index < -0.39 is 23.8 Å². The lowest BCUT2D eigenvalue weighted by molar-refractivity contribution is -0.140. The van der Waals surface area contributed by atoms with Crippen LogP contribution in [0.3, 0.4) is 0 Å². The highest BCUT2D eigenvalue weighted by Crippen LogP contribution is 2.29. The molecule has 0 spiro atoms. The van der Waals surface area contributed by atoms with Gasteiger partial charge in [0.2, 0.25) is 11.8 Å². The molecule has 1 saturated heterocycles. The Morgan fingerprint density at radius 3 is 2.41 bits per heavy atom. The molecule has 2 fully saturated rings. The van der Waals surface area contributed by atoms with Gasteiger partial charge in [0, 0.05) is 18.7 Å². The number of hydrogen-bond donors (Lipinski definition) is 4. The Kier molecular flexibility index (Phi) is 9.77. The van der Waals surface area contributed by atoms with Crippen molar-refractivity contribution in [1.29, 1.82) is 0 Å². The largest absolute Gasteiger partial charge is 0.444 e. The van der Waals surface area contributed by atoms with Crippen molar-refractivity contribution in [2.75, 3.05) is 6.54 Å². The maximum atomic E-state index is 13.7. The van der Waals surface area contributed by atoms with Crippen molar-refractivity contribution in [2.45, 2.75) is 96.4 Å². The number of rotatable bonds is 8. The lowest BCUT2D eigenvalue weighted by Gasteiger charge is -2.32. The molecule has 0 radical (unpaired) electrons. The molecule has 3 rings (SSSR count). The van der Waals surface area contributed by atoms with E-state index in [2.05, 4.69) is 15.8 Å². The highest BCUT2D eigenvalue weighted by molar-refractivity contribution is 5.97. The molecule has 1 aliphatic carbocycles. The number of nitrogens with two attached hydrogens (primary N) is 1. The monoisotopic (exact) mass is 515 g/mol. The molecule has 1 aliphatic heterocycles. The van der Waals surface area contributed by atoms with Crippen LogP contribution in [0.2, 0.25) is 0 Å². The van der Waals surface area contributed by atoms with E-state index in [1.165, 1.54) is 6.42 Å². The molecular formula is C27H41N5O5. The van der Waals surface area contributed by atoms with Gasteiger partial charge in [-0.25, -0.2) is 4.79 Å². The summed E-state index contributed by atoms with van der Waals surface area (Å²) in [5, 5.41) is 17.5.